The minimum atomic E-state index is -0.150. The van der Waals surface area contributed by atoms with Crippen molar-refractivity contribution < 1.29 is 4.79 Å². The molecule has 5 nitrogen and oxygen atoms in total. The van der Waals surface area contributed by atoms with Crippen LogP contribution < -0.4 is 10.9 Å². The molecule has 1 aromatic carbocycles. The van der Waals surface area contributed by atoms with E-state index >= 15 is 0 Å². The van der Waals surface area contributed by atoms with Crippen molar-refractivity contribution in [1.29, 1.82) is 0 Å². The van der Waals surface area contributed by atoms with E-state index in [9.17, 15) is 9.59 Å². The zero-order valence-corrected chi connectivity index (χ0v) is 16.8. The van der Waals surface area contributed by atoms with E-state index in [1.165, 1.54) is 37.4 Å². The molecule has 0 radical (unpaired) electrons. The summed E-state index contributed by atoms with van der Waals surface area (Å²) in [4.78, 5) is 29.7. The molecule has 2 aromatic rings. The summed E-state index contributed by atoms with van der Waals surface area (Å²) >= 11 is 7.31. The fourth-order valence-corrected chi connectivity index (χ4v) is 4.38. The van der Waals surface area contributed by atoms with Gasteiger partial charge in [0.05, 0.1) is 16.7 Å². The van der Waals surface area contributed by atoms with Crippen molar-refractivity contribution in [1.82, 2.24) is 14.9 Å². The normalized spacial score (nSPS) is 15.4. The molecule has 1 aromatic heterocycles. The number of carbonyl (C=O) groups is 1. The Morgan fingerprint density at radius 2 is 2.07 bits per heavy atom. The van der Waals surface area contributed by atoms with Crippen molar-refractivity contribution in [3.8, 4) is 0 Å². The lowest BCUT2D eigenvalue weighted by atomic mass is 10.1. The van der Waals surface area contributed by atoms with Gasteiger partial charge in [0.15, 0.2) is 5.16 Å². The topological polar surface area (TPSA) is 64.0 Å². The van der Waals surface area contributed by atoms with Crippen molar-refractivity contribution in [3.05, 3.63) is 46.2 Å². The predicted molar refractivity (Wildman–Crippen MR) is 112 cm³/mol. The Labute approximate surface area is 168 Å². The highest BCUT2D eigenvalue weighted by Crippen LogP contribution is 2.21. The summed E-state index contributed by atoms with van der Waals surface area (Å²) in [6.07, 6.45) is 8.58. The summed E-state index contributed by atoms with van der Waals surface area (Å²) < 4.78 is 1.55. The Morgan fingerprint density at radius 1 is 1.33 bits per heavy atom. The number of thioether (sulfide) groups is 1. The number of allylic oxidation sites excluding steroid dienone is 1. The Hall–Kier alpha value is -1.79. The SMILES string of the molecule is C=CCn1c(SCC(=O)NC2CCCCCC2)nc2cc(Cl)ccc2c1=O. The number of hydrogen-bond donors (Lipinski definition) is 1. The van der Waals surface area contributed by atoms with Gasteiger partial charge < -0.3 is 5.32 Å². The number of aromatic nitrogens is 2. The zero-order chi connectivity index (χ0) is 19.2. The minimum absolute atomic E-state index is 0.0162. The Kier molecular flexibility index (Phi) is 6.96. The summed E-state index contributed by atoms with van der Waals surface area (Å²) in [7, 11) is 0. The molecule has 7 heteroatoms. The monoisotopic (exact) mass is 405 g/mol. The molecule has 0 spiro atoms. The van der Waals surface area contributed by atoms with Gasteiger partial charge in [0.2, 0.25) is 5.91 Å². The second kappa shape index (κ2) is 9.42. The molecular weight excluding hydrogens is 382 g/mol. The third kappa shape index (κ3) is 5.14. The van der Waals surface area contributed by atoms with Gasteiger partial charge in [-0.15, -0.1) is 6.58 Å². The maximum absolute atomic E-state index is 12.8. The first-order chi connectivity index (χ1) is 13.1. The fourth-order valence-electron chi connectivity index (χ4n) is 3.40. The maximum atomic E-state index is 12.8. The molecule has 1 heterocycles. The molecule has 0 saturated heterocycles. The molecular formula is C20H24ClN3O2S. The highest BCUT2D eigenvalue weighted by molar-refractivity contribution is 7.99. The van der Waals surface area contributed by atoms with Gasteiger partial charge in [-0.1, -0.05) is 55.1 Å². The standard InChI is InChI=1S/C20H24ClN3O2S/c1-2-11-24-19(26)16-10-9-14(21)12-17(16)23-20(24)27-13-18(25)22-15-7-5-3-4-6-8-15/h2,9-10,12,15H,1,3-8,11,13H2,(H,22,25). The third-order valence-electron chi connectivity index (χ3n) is 4.75. The second-order valence-corrected chi connectivity index (χ2v) is 8.18. The van der Waals surface area contributed by atoms with E-state index in [0.29, 0.717) is 27.6 Å². The lowest BCUT2D eigenvalue weighted by Gasteiger charge is -2.16. The largest absolute Gasteiger partial charge is 0.353 e. The number of carbonyl (C=O) groups excluding carboxylic acids is 1. The summed E-state index contributed by atoms with van der Waals surface area (Å²) in [5, 5.41) is 4.66. The van der Waals surface area contributed by atoms with Crippen LogP contribution in [0, 0.1) is 0 Å². The van der Waals surface area contributed by atoms with Crippen molar-refractivity contribution in [2.24, 2.45) is 0 Å². The van der Waals surface area contributed by atoms with Gasteiger partial charge in [-0.3, -0.25) is 14.2 Å². The molecule has 1 fully saturated rings. The van der Waals surface area contributed by atoms with Gasteiger partial charge >= 0.3 is 0 Å². The minimum Gasteiger partial charge on any atom is -0.353 e. The van der Waals surface area contributed by atoms with Gasteiger partial charge in [-0.2, -0.15) is 0 Å². The van der Waals surface area contributed by atoms with Crippen LogP contribution in [0.2, 0.25) is 5.02 Å². The van der Waals surface area contributed by atoms with Gasteiger partial charge in [-0.25, -0.2) is 4.98 Å². The van der Waals surface area contributed by atoms with Crippen LogP contribution in [0.5, 0.6) is 0 Å². The van der Waals surface area contributed by atoms with Crippen molar-refractivity contribution in [2.45, 2.75) is 56.3 Å². The van der Waals surface area contributed by atoms with Gasteiger partial charge in [0, 0.05) is 17.6 Å². The number of nitrogens with one attached hydrogen (secondary N) is 1. The first-order valence-corrected chi connectivity index (χ1v) is 10.7. The van der Waals surface area contributed by atoms with Crippen LogP contribution >= 0.6 is 23.4 Å². The van der Waals surface area contributed by atoms with Crippen LogP contribution in [0.15, 0.2) is 40.8 Å². The predicted octanol–water partition coefficient (Wildman–Crippen LogP) is 4.17. The van der Waals surface area contributed by atoms with Gasteiger partial charge in [0.25, 0.3) is 5.56 Å². The first kappa shape index (κ1) is 20.0. The number of nitrogens with zero attached hydrogens (tertiary/aromatic N) is 2. The zero-order valence-electron chi connectivity index (χ0n) is 15.2. The van der Waals surface area contributed by atoms with E-state index in [2.05, 4.69) is 16.9 Å². The number of amides is 1. The molecule has 3 rings (SSSR count). The van der Waals surface area contributed by atoms with E-state index < -0.39 is 0 Å². The number of fused-ring (bicyclic) bond motifs is 1. The molecule has 27 heavy (non-hydrogen) atoms. The van der Waals surface area contributed by atoms with Gasteiger partial charge in [-0.05, 0) is 31.0 Å². The molecule has 0 bridgehead atoms. The molecule has 1 amide bonds. The number of hydrogen-bond acceptors (Lipinski definition) is 4. The number of rotatable bonds is 6. The summed E-state index contributed by atoms with van der Waals surface area (Å²) in [5.74, 6) is 0.212. The number of benzene rings is 1. The maximum Gasteiger partial charge on any atom is 0.262 e. The molecule has 144 valence electrons. The molecule has 1 saturated carbocycles. The van der Waals surface area contributed by atoms with E-state index in [4.69, 9.17) is 11.6 Å². The van der Waals surface area contributed by atoms with Crippen molar-refractivity contribution in [2.75, 3.05) is 5.75 Å². The first-order valence-electron chi connectivity index (χ1n) is 9.31. The van der Waals surface area contributed by atoms with Gasteiger partial charge in [0.1, 0.15) is 0 Å². The van der Waals surface area contributed by atoms with Crippen LogP contribution in [0.4, 0.5) is 0 Å². The van der Waals surface area contributed by atoms with E-state index in [-0.39, 0.29) is 23.3 Å². The highest BCUT2D eigenvalue weighted by atomic mass is 35.5. The van der Waals surface area contributed by atoms with E-state index in [1.807, 2.05) is 0 Å². The van der Waals surface area contributed by atoms with Crippen molar-refractivity contribution >= 4 is 40.2 Å². The Balaban J connectivity index is 1.76. The van der Waals surface area contributed by atoms with Crippen LogP contribution in [-0.2, 0) is 11.3 Å². The lowest BCUT2D eigenvalue weighted by Crippen LogP contribution is -2.35. The molecule has 0 atom stereocenters. The third-order valence-corrected chi connectivity index (χ3v) is 5.96. The lowest BCUT2D eigenvalue weighted by molar-refractivity contribution is -0.119. The highest BCUT2D eigenvalue weighted by Gasteiger charge is 2.17. The summed E-state index contributed by atoms with van der Waals surface area (Å²) in [5.41, 5.74) is 0.391. The Bertz CT molecular complexity index is 889. The smallest absolute Gasteiger partial charge is 0.262 e. The molecule has 0 unspecified atom stereocenters. The quantitative estimate of drug-likeness (QED) is 0.339. The second-order valence-electron chi connectivity index (χ2n) is 6.80. The number of halogens is 1. The average Bonchev–Trinajstić information content (AvgIpc) is 2.91. The van der Waals surface area contributed by atoms with Crippen LogP contribution in [0.25, 0.3) is 10.9 Å². The molecule has 1 aliphatic rings. The molecule has 0 aliphatic heterocycles. The van der Waals surface area contributed by atoms with E-state index in [1.54, 1.807) is 28.8 Å². The van der Waals surface area contributed by atoms with Crippen molar-refractivity contribution in [3.63, 3.8) is 0 Å². The fraction of sp³-hybridized carbons (Fsp3) is 0.450. The van der Waals surface area contributed by atoms with Crippen LogP contribution in [0.1, 0.15) is 38.5 Å². The van der Waals surface area contributed by atoms with Crippen LogP contribution in [-0.4, -0.2) is 27.3 Å². The van der Waals surface area contributed by atoms with E-state index in [0.717, 1.165) is 12.8 Å². The average molecular weight is 406 g/mol. The molecule has 1 aliphatic carbocycles. The molecule has 1 N–H and O–H groups in total. The van der Waals surface area contributed by atoms with Crippen LogP contribution in [0.3, 0.4) is 0 Å². The Morgan fingerprint density at radius 3 is 2.78 bits per heavy atom. The summed E-state index contributed by atoms with van der Waals surface area (Å²) in [6.45, 7) is 4.06. The summed E-state index contributed by atoms with van der Waals surface area (Å²) in [6, 6.07) is 5.30.